The summed E-state index contributed by atoms with van der Waals surface area (Å²) in [6, 6.07) is 0.0110. The minimum absolute atomic E-state index is 0.0110. The first kappa shape index (κ1) is 30.2. The first-order valence-corrected chi connectivity index (χ1v) is 12.8. The zero-order chi connectivity index (χ0) is 27.5. The lowest BCUT2D eigenvalue weighted by Gasteiger charge is -2.30. The summed E-state index contributed by atoms with van der Waals surface area (Å²) >= 11 is 5.94. The van der Waals surface area contributed by atoms with Gasteiger partial charge in [0.15, 0.2) is 0 Å². The van der Waals surface area contributed by atoms with E-state index in [0.717, 1.165) is 29.0 Å². The molecule has 2 atom stereocenters. The van der Waals surface area contributed by atoms with Gasteiger partial charge in [0.05, 0.1) is 35.6 Å². The van der Waals surface area contributed by atoms with Crippen LogP contribution in [0.25, 0.3) is 11.6 Å². The van der Waals surface area contributed by atoms with Gasteiger partial charge in [-0.05, 0) is 76.0 Å². The summed E-state index contributed by atoms with van der Waals surface area (Å²) in [6.45, 7) is 14.2. The van der Waals surface area contributed by atoms with Crippen LogP contribution in [0, 0.1) is 6.92 Å². The van der Waals surface area contributed by atoms with Gasteiger partial charge in [0.1, 0.15) is 6.23 Å². The van der Waals surface area contributed by atoms with Crippen molar-refractivity contribution >= 4 is 29.2 Å². The number of hydrogen-bond donors (Lipinski definition) is 2. The molecule has 0 fully saturated rings. The van der Waals surface area contributed by atoms with Crippen LogP contribution in [0.3, 0.4) is 0 Å². The lowest BCUT2D eigenvalue weighted by Crippen LogP contribution is -2.40. The largest absolute Gasteiger partial charge is 0.501 e. The quantitative estimate of drug-likeness (QED) is 0.179. The fourth-order valence-corrected chi connectivity index (χ4v) is 3.98. The maximum Gasteiger partial charge on any atom is 0.303 e. The Morgan fingerprint density at radius 3 is 2.59 bits per heavy atom. The van der Waals surface area contributed by atoms with Gasteiger partial charge in [0.25, 0.3) is 0 Å². The molecule has 1 aliphatic heterocycles. The molecule has 200 valence electrons. The number of halogens is 1. The first-order chi connectivity index (χ1) is 17.5. The molecule has 2 unspecified atom stereocenters. The second-order valence-corrected chi connectivity index (χ2v) is 9.54. The Morgan fingerprint density at radius 1 is 1.27 bits per heavy atom. The molecule has 0 amide bonds. The van der Waals surface area contributed by atoms with Crippen molar-refractivity contribution < 1.29 is 19.7 Å². The van der Waals surface area contributed by atoms with Gasteiger partial charge in [-0.15, -0.1) is 0 Å². The Morgan fingerprint density at radius 2 is 2.00 bits per heavy atom. The van der Waals surface area contributed by atoms with Crippen LogP contribution < -0.4 is 0 Å². The average molecular weight is 528 g/mol. The number of carboxylic acid groups (broad SMARTS) is 1. The van der Waals surface area contributed by atoms with E-state index < -0.39 is 12.2 Å². The molecule has 0 bridgehead atoms. The highest BCUT2D eigenvalue weighted by atomic mass is 35.5. The third-order valence-electron chi connectivity index (χ3n) is 6.32. The van der Waals surface area contributed by atoms with E-state index in [-0.39, 0.29) is 12.5 Å². The molecule has 1 aromatic heterocycles. The van der Waals surface area contributed by atoms with Crippen LogP contribution in [-0.4, -0.2) is 57.0 Å². The van der Waals surface area contributed by atoms with Crippen molar-refractivity contribution in [2.24, 2.45) is 0 Å². The fraction of sp³-hybridized carbons (Fsp3) is 0.414. The molecule has 2 heterocycles. The molecule has 1 aromatic rings. The maximum absolute atomic E-state index is 10.9. The normalized spacial score (nSPS) is 15.8. The molecule has 0 radical (unpaired) electrons. The summed E-state index contributed by atoms with van der Waals surface area (Å²) in [5, 5.41) is 20.2. The Kier molecular flexibility index (Phi) is 12.0. The van der Waals surface area contributed by atoms with Crippen molar-refractivity contribution in [3.8, 4) is 0 Å². The molecule has 0 aliphatic carbocycles. The van der Waals surface area contributed by atoms with Gasteiger partial charge in [-0.1, -0.05) is 43.0 Å². The number of hydrogen-bond acceptors (Lipinski definition) is 6. The second kappa shape index (κ2) is 14.7. The van der Waals surface area contributed by atoms with E-state index in [1.165, 1.54) is 0 Å². The van der Waals surface area contributed by atoms with Crippen molar-refractivity contribution in [2.45, 2.75) is 65.1 Å². The number of carbonyl (C=O) groups is 1. The van der Waals surface area contributed by atoms with E-state index in [4.69, 9.17) is 31.4 Å². The van der Waals surface area contributed by atoms with E-state index in [1.54, 1.807) is 24.5 Å². The zero-order valence-electron chi connectivity index (χ0n) is 22.2. The minimum atomic E-state index is -0.877. The number of likely N-dealkylation sites (N-methyl/N-ethyl adjacent to an activating group) is 1. The van der Waals surface area contributed by atoms with Crippen molar-refractivity contribution in [1.29, 1.82) is 0 Å². The molecule has 0 saturated carbocycles. The van der Waals surface area contributed by atoms with Gasteiger partial charge in [-0.2, -0.15) is 0 Å². The van der Waals surface area contributed by atoms with Gasteiger partial charge in [-0.25, -0.2) is 4.98 Å². The molecule has 0 saturated heterocycles. The zero-order valence-corrected chi connectivity index (χ0v) is 23.0. The van der Waals surface area contributed by atoms with E-state index >= 15 is 0 Å². The summed E-state index contributed by atoms with van der Waals surface area (Å²) in [5.41, 5.74) is 5.36. The lowest BCUT2D eigenvalue weighted by atomic mass is 10.0. The van der Waals surface area contributed by atoms with Crippen LogP contribution in [0.2, 0.25) is 0 Å². The van der Waals surface area contributed by atoms with Crippen molar-refractivity contribution in [3.63, 3.8) is 0 Å². The van der Waals surface area contributed by atoms with E-state index in [2.05, 4.69) is 13.2 Å². The molecule has 1 aliphatic rings. The van der Waals surface area contributed by atoms with Gasteiger partial charge in [0.2, 0.25) is 0 Å². The molecule has 2 rings (SSSR count). The number of aromatic nitrogens is 2. The number of nitrogens with zero attached hydrogens (tertiary/aromatic N) is 3. The van der Waals surface area contributed by atoms with Crippen molar-refractivity contribution in [1.82, 2.24) is 14.9 Å². The van der Waals surface area contributed by atoms with E-state index in [1.807, 2.05) is 44.9 Å². The molecule has 37 heavy (non-hydrogen) atoms. The number of aliphatic hydroxyl groups excluding tert-OH is 1. The SMILES string of the molecule is C=C(Cl)/C=C\C(=C/C)c1nc(/C=C\C(=C)C(O)N(C)C(C)C2=COCC2)c(C)nc1CCCCC(=O)O. The average Bonchev–Trinajstić information content (AvgIpc) is 3.40. The number of unbranched alkanes of at least 4 members (excludes halogenated alkanes) is 1. The summed E-state index contributed by atoms with van der Waals surface area (Å²) in [4.78, 5) is 22.4. The minimum Gasteiger partial charge on any atom is -0.501 e. The Hall–Kier alpha value is -3.00. The summed E-state index contributed by atoms with van der Waals surface area (Å²) < 4.78 is 5.34. The molecule has 7 nitrogen and oxygen atoms in total. The monoisotopic (exact) mass is 527 g/mol. The highest BCUT2D eigenvalue weighted by Gasteiger charge is 2.24. The van der Waals surface area contributed by atoms with Gasteiger partial charge in [-0.3, -0.25) is 14.7 Å². The van der Waals surface area contributed by atoms with E-state index in [9.17, 15) is 9.90 Å². The van der Waals surface area contributed by atoms with Crippen molar-refractivity contribution in [2.75, 3.05) is 13.7 Å². The van der Waals surface area contributed by atoms with Crippen LogP contribution in [0.1, 0.15) is 62.3 Å². The summed E-state index contributed by atoms with van der Waals surface area (Å²) in [5.74, 6) is -0.809. The molecular formula is C29H38ClN3O4. The topological polar surface area (TPSA) is 95.8 Å². The molecule has 0 aromatic carbocycles. The van der Waals surface area contributed by atoms with Crippen LogP contribution in [-0.2, 0) is 16.0 Å². The van der Waals surface area contributed by atoms with Crippen molar-refractivity contribution in [3.05, 3.63) is 82.7 Å². The predicted molar refractivity (Wildman–Crippen MR) is 150 cm³/mol. The molecule has 2 N–H and O–H groups in total. The molecular weight excluding hydrogens is 490 g/mol. The number of ether oxygens (including phenoxy) is 1. The number of aliphatic carboxylic acids is 1. The van der Waals surface area contributed by atoms with Gasteiger partial charge < -0.3 is 14.9 Å². The molecule has 0 spiro atoms. The third kappa shape index (κ3) is 9.11. The number of aliphatic hydroxyl groups is 1. The maximum atomic E-state index is 10.9. The van der Waals surface area contributed by atoms with Gasteiger partial charge in [0, 0.05) is 23.9 Å². The van der Waals surface area contributed by atoms with Crippen LogP contribution in [0.5, 0.6) is 0 Å². The summed E-state index contributed by atoms with van der Waals surface area (Å²) in [7, 11) is 1.85. The van der Waals surface area contributed by atoms with Gasteiger partial charge >= 0.3 is 5.97 Å². The van der Waals surface area contributed by atoms with Crippen LogP contribution >= 0.6 is 11.6 Å². The first-order valence-electron chi connectivity index (χ1n) is 12.4. The standard InChI is InChI=1S/C29H38ClN3O4/c1-7-23(14-13-20(3)30)28-26(10-8-9-11-27(34)35)31-21(4)25(32-28)15-12-19(2)29(36)33(6)22(5)24-16-17-37-18-24/h7,12-15,18,22,29,36H,2-3,8-11,16-17H2,1,4-6H3,(H,34,35)/b14-13-,15-12-,23-7+. The predicted octanol–water partition coefficient (Wildman–Crippen LogP) is 5.81. The number of carboxylic acids is 1. The van der Waals surface area contributed by atoms with Crippen LogP contribution in [0.4, 0.5) is 0 Å². The smallest absolute Gasteiger partial charge is 0.303 e. The molecule has 8 heteroatoms. The van der Waals surface area contributed by atoms with E-state index in [0.29, 0.717) is 47.9 Å². The Bertz CT molecular complexity index is 1120. The number of rotatable bonds is 14. The Labute approximate surface area is 225 Å². The number of allylic oxidation sites excluding steroid dienone is 5. The lowest BCUT2D eigenvalue weighted by molar-refractivity contribution is -0.137. The highest BCUT2D eigenvalue weighted by Crippen LogP contribution is 2.24. The highest BCUT2D eigenvalue weighted by molar-refractivity contribution is 6.30. The second-order valence-electron chi connectivity index (χ2n) is 9.05. The third-order valence-corrected chi connectivity index (χ3v) is 6.45. The fourth-order valence-electron chi connectivity index (χ4n) is 3.92. The van der Waals surface area contributed by atoms with Crippen LogP contribution in [0.15, 0.2) is 59.9 Å². The Balaban J connectivity index is 2.30. The summed E-state index contributed by atoms with van der Waals surface area (Å²) in [6.07, 6.45) is 12.7. The number of aryl methyl sites for hydroxylation is 2.